The SMILES string of the molecule is CCC(O)(c1cccc(C2CCC2)c1)C(C)C. The molecule has 1 saturated carbocycles. The molecular weight excluding hydrogens is 208 g/mol. The topological polar surface area (TPSA) is 20.2 Å². The van der Waals surface area contributed by atoms with Crippen molar-refractivity contribution in [2.45, 2.75) is 58.0 Å². The second-order valence-electron chi connectivity index (χ2n) is 5.69. The number of rotatable bonds is 4. The van der Waals surface area contributed by atoms with Crippen LogP contribution < -0.4 is 0 Å². The minimum atomic E-state index is -0.667. The Balaban J connectivity index is 2.31. The summed E-state index contributed by atoms with van der Waals surface area (Å²) in [5.41, 5.74) is 1.85. The Morgan fingerprint density at radius 3 is 2.53 bits per heavy atom. The maximum Gasteiger partial charge on any atom is 0.0916 e. The van der Waals surface area contributed by atoms with Gasteiger partial charge in [0.25, 0.3) is 0 Å². The van der Waals surface area contributed by atoms with E-state index < -0.39 is 5.60 Å². The van der Waals surface area contributed by atoms with Gasteiger partial charge in [0.15, 0.2) is 0 Å². The van der Waals surface area contributed by atoms with Gasteiger partial charge in [-0.3, -0.25) is 0 Å². The highest BCUT2D eigenvalue weighted by Gasteiger charge is 2.31. The Kier molecular flexibility index (Phi) is 3.58. The predicted molar refractivity (Wildman–Crippen MR) is 72.1 cm³/mol. The van der Waals surface area contributed by atoms with E-state index in [1.54, 1.807) is 0 Å². The lowest BCUT2D eigenvalue weighted by Crippen LogP contribution is -2.31. The molecule has 94 valence electrons. The van der Waals surface area contributed by atoms with Crippen molar-refractivity contribution in [3.8, 4) is 0 Å². The number of benzene rings is 1. The molecule has 0 saturated heterocycles. The molecule has 1 aromatic carbocycles. The molecule has 0 amide bonds. The van der Waals surface area contributed by atoms with E-state index in [1.165, 1.54) is 24.8 Å². The molecule has 0 aliphatic heterocycles. The fourth-order valence-corrected chi connectivity index (χ4v) is 2.75. The largest absolute Gasteiger partial charge is 0.385 e. The molecule has 1 atom stereocenters. The lowest BCUT2D eigenvalue weighted by molar-refractivity contribution is -0.0141. The van der Waals surface area contributed by atoms with E-state index in [9.17, 15) is 5.11 Å². The van der Waals surface area contributed by atoms with E-state index in [0.717, 1.165) is 17.9 Å². The summed E-state index contributed by atoms with van der Waals surface area (Å²) >= 11 is 0. The summed E-state index contributed by atoms with van der Waals surface area (Å²) in [7, 11) is 0. The predicted octanol–water partition coefficient (Wildman–Crippen LogP) is 4.21. The van der Waals surface area contributed by atoms with Crippen LogP contribution in [0.1, 0.15) is 63.5 Å². The molecule has 0 bridgehead atoms. The maximum absolute atomic E-state index is 10.8. The average Bonchev–Trinajstić information content (AvgIpc) is 2.26. The van der Waals surface area contributed by atoms with Crippen LogP contribution in [0.25, 0.3) is 0 Å². The average molecular weight is 232 g/mol. The van der Waals surface area contributed by atoms with Gasteiger partial charge in [0.2, 0.25) is 0 Å². The van der Waals surface area contributed by atoms with Crippen LogP contribution in [-0.4, -0.2) is 5.11 Å². The van der Waals surface area contributed by atoms with Crippen LogP contribution in [0.2, 0.25) is 0 Å². The van der Waals surface area contributed by atoms with Crippen molar-refractivity contribution in [1.29, 1.82) is 0 Å². The molecule has 1 aromatic rings. The Labute approximate surface area is 105 Å². The zero-order chi connectivity index (χ0) is 12.5. The number of hydrogen-bond donors (Lipinski definition) is 1. The molecule has 2 rings (SSSR count). The fourth-order valence-electron chi connectivity index (χ4n) is 2.75. The van der Waals surface area contributed by atoms with Gasteiger partial charge in [0, 0.05) is 0 Å². The van der Waals surface area contributed by atoms with Gasteiger partial charge in [0.05, 0.1) is 5.60 Å². The van der Waals surface area contributed by atoms with Crippen LogP contribution in [-0.2, 0) is 5.60 Å². The Hall–Kier alpha value is -0.820. The maximum atomic E-state index is 10.8. The first kappa shape index (κ1) is 12.6. The fraction of sp³-hybridized carbons (Fsp3) is 0.625. The number of hydrogen-bond acceptors (Lipinski definition) is 1. The molecule has 1 nitrogen and oxygen atoms in total. The first-order valence-corrected chi connectivity index (χ1v) is 6.90. The molecule has 0 aromatic heterocycles. The second kappa shape index (κ2) is 4.81. The molecule has 0 spiro atoms. The smallest absolute Gasteiger partial charge is 0.0916 e. The van der Waals surface area contributed by atoms with E-state index in [2.05, 4.69) is 45.0 Å². The van der Waals surface area contributed by atoms with Crippen LogP contribution in [0.3, 0.4) is 0 Å². The minimum absolute atomic E-state index is 0.254. The second-order valence-corrected chi connectivity index (χ2v) is 5.69. The standard InChI is InChI=1S/C16H24O/c1-4-16(17,12(2)3)15-10-6-9-14(11-15)13-7-5-8-13/h6,9-13,17H,4-5,7-8H2,1-3H3. The van der Waals surface area contributed by atoms with Crippen molar-refractivity contribution in [3.05, 3.63) is 35.4 Å². The van der Waals surface area contributed by atoms with Crippen molar-refractivity contribution >= 4 is 0 Å². The summed E-state index contributed by atoms with van der Waals surface area (Å²) in [5.74, 6) is 0.993. The van der Waals surface area contributed by atoms with Crippen LogP contribution in [0.15, 0.2) is 24.3 Å². The van der Waals surface area contributed by atoms with Gasteiger partial charge in [-0.2, -0.15) is 0 Å². The number of aliphatic hydroxyl groups is 1. The molecule has 1 N–H and O–H groups in total. The lowest BCUT2D eigenvalue weighted by atomic mass is 9.76. The molecule has 0 heterocycles. The van der Waals surface area contributed by atoms with Gasteiger partial charge in [-0.15, -0.1) is 0 Å². The molecule has 1 aliphatic rings. The lowest BCUT2D eigenvalue weighted by Gasteiger charge is -2.33. The Morgan fingerprint density at radius 1 is 1.35 bits per heavy atom. The molecule has 1 aliphatic carbocycles. The summed E-state index contributed by atoms with van der Waals surface area (Å²) < 4.78 is 0. The first-order valence-electron chi connectivity index (χ1n) is 6.90. The molecule has 0 radical (unpaired) electrons. The first-order chi connectivity index (χ1) is 8.08. The van der Waals surface area contributed by atoms with Gasteiger partial charge in [0.1, 0.15) is 0 Å². The van der Waals surface area contributed by atoms with E-state index in [1.807, 2.05) is 0 Å². The van der Waals surface area contributed by atoms with Gasteiger partial charge >= 0.3 is 0 Å². The molecule has 1 fully saturated rings. The third-order valence-corrected chi connectivity index (χ3v) is 4.46. The summed E-state index contributed by atoms with van der Waals surface area (Å²) in [6, 6.07) is 8.62. The normalized spacial score (nSPS) is 20.1. The summed E-state index contributed by atoms with van der Waals surface area (Å²) in [4.78, 5) is 0. The van der Waals surface area contributed by atoms with E-state index in [0.29, 0.717) is 0 Å². The zero-order valence-corrected chi connectivity index (χ0v) is 11.2. The zero-order valence-electron chi connectivity index (χ0n) is 11.2. The third kappa shape index (κ3) is 2.26. The monoisotopic (exact) mass is 232 g/mol. The highest BCUT2D eigenvalue weighted by Crippen LogP contribution is 2.39. The van der Waals surface area contributed by atoms with Crippen molar-refractivity contribution in [2.75, 3.05) is 0 Å². The molecule has 17 heavy (non-hydrogen) atoms. The van der Waals surface area contributed by atoms with Crippen LogP contribution in [0.4, 0.5) is 0 Å². The van der Waals surface area contributed by atoms with Crippen molar-refractivity contribution < 1.29 is 5.11 Å². The van der Waals surface area contributed by atoms with E-state index >= 15 is 0 Å². The van der Waals surface area contributed by atoms with Crippen molar-refractivity contribution in [1.82, 2.24) is 0 Å². The van der Waals surface area contributed by atoms with Gasteiger partial charge < -0.3 is 5.11 Å². The molecular formula is C16H24O. The van der Waals surface area contributed by atoms with E-state index in [4.69, 9.17) is 0 Å². The van der Waals surface area contributed by atoms with E-state index in [-0.39, 0.29) is 5.92 Å². The van der Waals surface area contributed by atoms with Crippen molar-refractivity contribution in [2.24, 2.45) is 5.92 Å². The molecule has 1 heteroatoms. The quantitative estimate of drug-likeness (QED) is 0.824. The van der Waals surface area contributed by atoms with Gasteiger partial charge in [-0.05, 0) is 42.2 Å². The van der Waals surface area contributed by atoms with Crippen LogP contribution in [0.5, 0.6) is 0 Å². The summed E-state index contributed by atoms with van der Waals surface area (Å²) in [6.07, 6.45) is 4.77. The minimum Gasteiger partial charge on any atom is -0.385 e. The highest BCUT2D eigenvalue weighted by molar-refractivity contribution is 5.31. The Bertz CT molecular complexity index is 379. The molecule has 1 unspecified atom stereocenters. The Morgan fingerprint density at radius 2 is 2.06 bits per heavy atom. The summed E-state index contributed by atoms with van der Waals surface area (Å²) in [5, 5.41) is 10.8. The van der Waals surface area contributed by atoms with Gasteiger partial charge in [-0.1, -0.05) is 51.5 Å². The van der Waals surface area contributed by atoms with Crippen LogP contribution in [0, 0.1) is 5.92 Å². The van der Waals surface area contributed by atoms with Gasteiger partial charge in [-0.25, -0.2) is 0 Å². The van der Waals surface area contributed by atoms with Crippen LogP contribution >= 0.6 is 0 Å². The van der Waals surface area contributed by atoms with Crippen molar-refractivity contribution in [3.63, 3.8) is 0 Å². The summed E-state index contributed by atoms with van der Waals surface area (Å²) in [6.45, 7) is 6.26. The highest BCUT2D eigenvalue weighted by atomic mass is 16.3. The third-order valence-electron chi connectivity index (χ3n) is 4.46.